The molecule has 0 bridgehead atoms. The normalized spacial score (nSPS) is 15.1. The van der Waals surface area contributed by atoms with E-state index < -0.39 is 17.7 Å². The van der Waals surface area contributed by atoms with Crippen LogP contribution in [0.2, 0.25) is 0 Å². The van der Waals surface area contributed by atoms with Crippen LogP contribution in [0.3, 0.4) is 0 Å². The number of nitrogens with zero attached hydrogens (tertiary/aromatic N) is 5. The zero-order chi connectivity index (χ0) is 26.2. The Morgan fingerprint density at radius 3 is 2.51 bits per heavy atom. The largest absolute Gasteiger partial charge is 0.322 e. The molecule has 5 rings (SSSR count). The van der Waals surface area contributed by atoms with Crippen molar-refractivity contribution < 1.29 is 18.4 Å². The van der Waals surface area contributed by atoms with Gasteiger partial charge in [0.05, 0.1) is 24.3 Å². The summed E-state index contributed by atoms with van der Waals surface area (Å²) in [6, 6.07) is 17.6. The number of carbonyl (C=O) groups is 2. The van der Waals surface area contributed by atoms with Gasteiger partial charge in [0.15, 0.2) is 0 Å². The number of nitriles is 1. The number of rotatable bonds is 5. The fraction of sp³-hybridized carbons (Fsp3) is 0.148. The van der Waals surface area contributed by atoms with Gasteiger partial charge in [-0.25, -0.2) is 4.98 Å². The maximum Gasteiger partial charge on any atom is 0.298 e. The summed E-state index contributed by atoms with van der Waals surface area (Å²) in [5.41, 5.74) is 0.733. The Kier molecular flexibility index (Phi) is 5.97. The lowest BCUT2D eigenvalue weighted by Crippen LogP contribution is -2.47. The molecule has 1 aliphatic rings. The van der Waals surface area contributed by atoms with Crippen molar-refractivity contribution in [2.75, 3.05) is 10.2 Å². The van der Waals surface area contributed by atoms with Crippen LogP contribution < -0.4 is 10.2 Å². The fourth-order valence-corrected chi connectivity index (χ4v) is 4.35. The predicted molar refractivity (Wildman–Crippen MR) is 131 cm³/mol. The van der Waals surface area contributed by atoms with Gasteiger partial charge in [0.2, 0.25) is 0 Å². The molecule has 3 heterocycles. The first kappa shape index (κ1) is 23.8. The van der Waals surface area contributed by atoms with Gasteiger partial charge in [-0.15, -0.1) is 0 Å². The molecule has 37 heavy (non-hydrogen) atoms. The van der Waals surface area contributed by atoms with E-state index in [9.17, 15) is 18.4 Å². The number of fused-ring (bicyclic) bond motifs is 1. The lowest BCUT2D eigenvalue weighted by molar-refractivity contribution is 0.0428. The van der Waals surface area contributed by atoms with Gasteiger partial charge in [0.25, 0.3) is 17.7 Å². The summed E-state index contributed by atoms with van der Waals surface area (Å²) in [7, 11) is 0. The van der Waals surface area contributed by atoms with Gasteiger partial charge >= 0.3 is 0 Å². The second-order valence-electron chi connectivity index (χ2n) is 8.60. The van der Waals surface area contributed by atoms with Gasteiger partial charge in [-0.1, -0.05) is 42.5 Å². The predicted octanol–water partition coefficient (Wildman–Crippen LogP) is 4.59. The minimum Gasteiger partial charge on any atom is -0.322 e. The highest BCUT2D eigenvalue weighted by atomic mass is 19.3. The van der Waals surface area contributed by atoms with Gasteiger partial charge in [0, 0.05) is 28.7 Å². The fourth-order valence-electron chi connectivity index (χ4n) is 4.35. The Labute approximate surface area is 210 Å². The van der Waals surface area contributed by atoms with Crippen molar-refractivity contribution in [3.05, 3.63) is 107 Å². The molecule has 0 spiro atoms. The summed E-state index contributed by atoms with van der Waals surface area (Å²) in [6.45, 7) is 2.12. The molecule has 1 aliphatic heterocycles. The molecular formula is C27H20F2N6O2. The van der Waals surface area contributed by atoms with Crippen LogP contribution in [0.5, 0.6) is 0 Å². The Morgan fingerprint density at radius 1 is 1.11 bits per heavy atom. The number of anilines is 2. The SMILES string of the molecule is C[C@H]1Cn2ncc(C(=O)Nc3ccnc(C#N)c3)c2C(=O)N1c1ccc(C(F)(F)c2ccccc2)cc1. The molecule has 2 amide bonds. The third kappa shape index (κ3) is 4.31. The first-order chi connectivity index (χ1) is 17.8. The molecule has 8 nitrogen and oxygen atoms in total. The van der Waals surface area contributed by atoms with E-state index in [1.807, 2.05) is 13.0 Å². The van der Waals surface area contributed by atoms with Crippen molar-refractivity contribution in [1.82, 2.24) is 14.8 Å². The third-order valence-electron chi connectivity index (χ3n) is 6.16. The van der Waals surface area contributed by atoms with E-state index in [1.54, 1.807) is 18.2 Å². The second-order valence-corrected chi connectivity index (χ2v) is 8.60. The van der Waals surface area contributed by atoms with Crippen molar-refractivity contribution in [3.8, 4) is 6.07 Å². The summed E-state index contributed by atoms with van der Waals surface area (Å²) in [4.78, 5) is 31.9. The first-order valence-electron chi connectivity index (χ1n) is 11.4. The highest BCUT2D eigenvalue weighted by Crippen LogP contribution is 2.37. The number of amides is 2. The molecule has 0 saturated carbocycles. The van der Waals surface area contributed by atoms with Crippen LogP contribution in [0.4, 0.5) is 20.2 Å². The van der Waals surface area contributed by atoms with E-state index in [0.717, 1.165) is 0 Å². The summed E-state index contributed by atoms with van der Waals surface area (Å²) in [6.07, 6.45) is 2.70. The maximum atomic E-state index is 15.0. The van der Waals surface area contributed by atoms with E-state index in [1.165, 1.54) is 70.5 Å². The molecule has 2 aromatic heterocycles. The number of hydrogen-bond acceptors (Lipinski definition) is 5. The van der Waals surface area contributed by atoms with Crippen LogP contribution in [0.1, 0.15) is 44.6 Å². The molecule has 4 aromatic rings. The van der Waals surface area contributed by atoms with Gasteiger partial charge in [-0.05, 0) is 31.2 Å². The highest BCUT2D eigenvalue weighted by Gasteiger charge is 2.37. The Morgan fingerprint density at radius 2 is 1.81 bits per heavy atom. The van der Waals surface area contributed by atoms with Crippen LogP contribution in [0.15, 0.2) is 79.1 Å². The number of aromatic nitrogens is 3. The highest BCUT2D eigenvalue weighted by molar-refractivity contribution is 6.15. The van der Waals surface area contributed by atoms with Gasteiger partial charge in [0.1, 0.15) is 17.5 Å². The topological polar surface area (TPSA) is 104 Å². The molecule has 0 aliphatic carbocycles. The van der Waals surface area contributed by atoms with E-state index in [-0.39, 0.29) is 34.1 Å². The van der Waals surface area contributed by atoms with E-state index in [4.69, 9.17) is 5.26 Å². The molecule has 10 heteroatoms. The summed E-state index contributed by atoms with van der Waals surface area (Å²) in [5, 5.41) is 15.9. The van der Waals surface area contributed by atoms with Crippen molar-refractivity contribution >= 4 is 23.2 Å². The minimum atomic E-state index is -3.19. The molecule has 1 atom stereocenters. The van der Waals surface area contributed by atoms with Crippen molar-refractivity contribution in [2.24, 2.45) is 0 Å². The number of carbonyl (C=O) groups excluding carboxylic acids is 2. The molecule has 0 radical (unpaired) electrons. The average molecular weight is 498 g/mol. The van der Waals surface area contributed by atoms with Crippen molar-refractivity contribution in [1.29, 1.82) is 5.26 Å². The van der Waals surface area contributed by atoms with Gasteiger partial charge < -0.3 is 10.2 Å². The number of hydrogen-bond donors (Lipinski definition) is 1. The Bertz CT molecular complexity index is 1530. The van der Waals surface area contributed by atoms with Crippen LogP contribution in [-0.4, -0.2) is 32.6 Å². The maximum absolute atomic E-state index is 15.0. The van der Waals surface area contributed by atoms with Crippen LogP contribution >= 0.6 is 0 Å². The lowest BCUT2D eigenvalue weighted by atomic mass is 9.99. The number of halogens is 2. The molecule has 0 saturated heterocycles. The smallest absolute Gasteiger partial charge is 0.298 e. The van der Waals surface area contributed by atoms with Gasteiger partial charge in [-0.3, -0.25) is 14.3 Å². The molecular weight excluding hydrogens is 478 g/mol. The van der Waals surface area contributed by atoms with Crippen LogP contribution in [0, 0.1) is 11.3 Å². The number of nitrogens with one attached hydrogen (secondary N) is 1. The standard InChI is InChI=1S/C27H20F2N6O2/c1-17-16-34-24(23(15-32-34)25(36)33-20-11-12-31-21(13-20)14-30)26(37)35(17)22-9-7-19(8-10-22)27(28,29)18-5-3-2-4-6-18/h2-13,15,17H,16H2,1H3,(H,31,33,36)/t17-/m0/s1. The van der Waals surface area contributed by atoms with Gasteiger partial charge in [-0.2, -0.15) is 19.1 Å². The van der Waals surface area contributed by atoms with Crippen LogP contribution in [-0.2, 0) is 12.5 Å². The first-order valence-corrected chi connectivity index (χ1v) is 11.4. The summed E-state index contributed by atoms with van der Waals surface area (Å²) < 4.78 is 31.4. The zero-order valence-corrected chi connectivity index (χ0v) is 19.6. The van der Waals surface area contributed by atoms with Crippen molar-refractivity contribution in [3.63, 3.8) is 0 Å². The van der Waals surface area contributed by atoms with E-state index in [2.05, 4.69) is 15.4 Å². The average Bonchev–Trinajstić information content (AvgIpc) is 3.34. The number of pyridine rings is 1. The zero-order valence-electron chi connectivity index (χ0n) is 19.6. The Hall–Kier alpha value is -4.91. The van der Waals surface area contributed by atoms with Crippen molar-refractivity contribution in [2.45, 2.75) is 25.4 Å². The number of benzene rings is 2. The molecule has 2 aromatic carbocycles. The molecule has 184 valence electrons. The quantitative estimate of drug-likeness (QED) is 0.433. The summed E-state index contributed by atoms with van der Waals surface area (Å²) in [5.74, 6) is -4.24. The Balaban J connectivity index is 1.42. The molecule has 0 fully saturated rings. The third-order valence-corrected chi connectivity index (χ3v) is 6.16. The molecule has 1 N–H and O–H groups in total. The second kappa shape index (κ2) is 9.28. The lowest BCUT2D eigenvalue weighted by Gasteiger charge is -2.34. The monoisotopic (exact) mass is 498 g/mol. The van der Waals surface area contributed by atoms with E-state index >= 15 is 0 Å². The summed E-state index contributed by atoms with van der Waals surface area (Å²) >= 11 is 0. The van der Waals surface area contributed by atoms with E-state index in [0.29, 0.717) is 17.9 Å². The number of alkyl halides is 2. The molecule has 0 unspecified atom stereocenters. The minimum absolute atomic E-state index is 0.0597. The van der Waals surface area contributed by atoms with Crippen LogP contribution in [0.25, 0.3) is 0 Å².